The highest BCUT2D eigenvalue weighted by molar-refractivity contribution is 6.09. The molecule has 1 aliphatic rings. The predicted octanol–water partition coefficient (Wildman–Crippen LogP) is 4.40. The number of nitro benzene ring substituents is 1. The van der Waals surface area contributed by atoms with Crippen molar-refractivity contribution in [3.05, 3.63) is 99.1 Å². The summed E-state index contributed by atoms with van der Waals surface area (Å²) in [6, 6.07) is 19.7. The first-order valence-electron chi connectivity index (χ1n) is 7.64. The number of carbonyl (C=O) groups excluding carboxylic acids is 1. The van der Waals surface area contributed by atoms with Gasteiger partial charge in [-0.15, -0.1) is 0 Å². The molecular weight excluding hydrogens is 302 g/mol. The zero-order valence-corrected chi connectivity index (χ0v) is 12.7. The van der Waals surface area contributed by atoms with Crippen LogP contribution in [0.15, 0.2) is 66.7 Å². The lowest BCUT2D eigenvalue weighted by molar-refractivity contribution is -0.384. The van der Waals surface area contributed by atoms with Crippen LogP contribution in [0.1, 0.15) is 27.0 Å². The molecule has 0 amide bonds. The molecule has 24 heavy (non-hydrogen) atoms. The zero-order chi connectivity index (χ0) is 16.7. The first kappa shape index (κ1) is 14.3. The average molecular weight is 315 g/mol. The van der Waals surface area contributed by atoms with Crippen LogP contribution >= 0.6 is 0 Å². The summed E-state index contributed by atoms with van der Waals surface area (Å²) in [5, 5.41) is 10.7. The first-order chi connectivity index (χ1) is 11.6. The standard InChI is InChI=1S/C20H13NO3/c22-20(13-5-8-17(9-6-13)21(23)24)15-7-10-19-16(12-15)11-14-3-1-2-4-18(14)19/h1-10,12H,11H2. The molecule has 0 saturated heterocycles. The van der Waals surface area contributed by atoms with E-state index in [0.29, 0.717) is 11.1 Å². The maximum Gasteiger partial charge on any atom is 0.269 e. The average Bonchev–Trinajstić information content (AvgIpc) is 2.99. The number of nitrogens with zero attached hydrogens (tertiary/aromatic N) is 1. The Balaban J connectivity index is 1.67. The van der Waals surface area contributed by atoms with Gasteiger partial charge in [0.25, 0.3) is 5.69 Å². The van der Waals surface area contributed by atoms with Gasteiger partial charge in [-0.05, 0) is 46.9 Å². The van der Waals surface area contributed by atoms with Gasteiger partial charge >= 0.3 is 0 Å². The monoisotopic (exact) mass is 315 g/mol. The van der Waals surface area contributed by atoms with Gasteiger partial charge in [-0.2, -0.15) is 0 Å². The maximum atomic E-state index is 12.6. The Morgan fingerprint density at radius 3 is 2.25 bits per heavy atom. The van der Waals surface area contributed by atoms with E-state index >= 15 is 0 Å². The van der Waals surface area contributed by atoms with Crippen molar-refractivity contribution in [2.45, 2.75) is 6.42 Å². The van der Waals surface area contributed by atoms with E-state index in [9.17, 15) is 14.9 Å². The van der Waals surface area contributed by atoms with Crippen molar-refractivity contribution in [3.63, 3.8) is 0 Å². The predicted molar refractivity (Wildman–Crippen MR) is 91.2 cm³/mol. The van der Waals surface area contributed by atoms with Crippen molar-refractivity contribution in [2.24, 2.45) is 0 Å². The molecule has 4 heteroatoms. The van der Waals surface area contributed by atoms with E-state index in [1.165, 1.54) is 41.0 Å². The number of fused-ring (bicyclic) bond motifs is 3. The van der Waals surface area contributed by atoms with Gasteiger partial charge in [0.2, 0.25) is 0 Å². The highest BCUT2D eigenvalue weighted by Gasteiger charge is 2.20. The zero-order valence-electron chi connectivity index (χ0n) is 12.7. The molecule has 0 radical (unpaired) electrons. The SMILES string of the molecule is O=C(c1ccc([N+](=O)[O-])cc1)c1ccc2c(c1)Cc1ccccc1-2. The Morgan fingerprint density at radius 1 is 0.833 bits per heavy atom. The molecule has 0 aliphatic heterocycles. The van der Waals surface area contributed by atoms with Crippen molar-refractivity contribution in [1.29, 1.82) is 0 Å². The quantitative estimate of drug-likeness (QED) is 0.320. The molecule has 0 atom stereocenters. The van der Waals surface area contributed by atoms with Crippen LogP contribution in [0.3, 0.4) is 0 Å². The lowest BCUT2D eigenvalue weighted by Gasteiger charge is -2.05. The largest absolute Gasteiger partial charge is 0.289 e. The second-order valence-electron chi connectivity index (χ2n) is 5.84. The summed E-state index contributed by atoms with van der Waals surface area (Å²) < 4.78 is 0. The fraction of sp³-hybridized carbons (Fsp3) is 0.0500. The second kappa shape index (κ2) is 5.42. The van der Waals surface area contributed by atoms with Crippen molar-refractivity contribution in [2.75, 3.05) is 0 Å². The number of carbonyl (C=O) groups is 1. The first-order valence-corrected chi connectivity index (χ1v) is 7.64. The van der Waals surface area contributed by atoms with E-state index in [4.69, 9.17) is 0 Å². The minimum atomic E-state index is -0.471. The smallest absolute Gasteiger partial charge is 0.269 e. The van der Waals surface area contributed by atoms with Crippen LogP contribution in [0.5, 0.6) is 0 Å². The number of hydrogen-bond donors (Lipinski definition) is 0. The minimum Gasteiger partial charge on any atom is -0.289 e. The Kier molecular flexibility index (Phi) is 3.24. The number of nitro groups is 1. The summed E-state index contributed by atoms with van der Waals surface area (Å²) in [6.45, 7) is 0. The molecule has 0 N–H and O–H groups in total. The van der Waals surface area contributed by atoms with Crippen LogP contribution in [-0.2, 0) is 6.42 Å². The van der Waals surface area contributed by atoms with Gasteiger partial charge in [-0.1, -0.05) is 36.4 Å². The van der Waals surface area contributed by atoms with E-state index in [-0.39, 0.29) is 11.5 Å². The van der Waals surface area contributed by atoms with Crippen LogP contribution in [-0.4, -0.2) is 10.7 Å². The summed E-state index contributed by atoms with van der Waals surface area (Å²) in [6.07, 6.45) is 0.826. The Hall–Kier alpha value is -3.27. The Bertz CT molecular complexity index is 974. The topological polar surface area (TPSA) is 60.2 Å². The summed E-state index contributed by atoms with van der Waals surface area (Å²) in [5.74, 6) is -0.122. The molecule has 4 nitrogen and oxygen atoms in total. The number of hydrogen-bond acceptors (Lipinski definition) is 3. The Labute approximate surface area is 138 Å². The normalized spacial score (nSPS) is 11.7. The van der Waals surface area contributed by atoms with E-state index in [1.54, 1.807) is 0 Å². The van der Waals surface area contributed by atoms with Gasteiger partial charge < -0.3 is 0 Å². The van der Waals surface area contributed by atoms with Crippen LogP contribution < -0.4 is 0 Å². The van der Waals surface area contributed by atoms with E-state index < -0.39 is 4.92 Å². The Morgan fingerprint density at radius 2 is 1.50 bits per heavy atom. The molecule has 116 valence electrons. The summed E-state index contributed by atoms with van der Waals surface area (Å²) >= 11 is 0. The highest BCUT2D eigenvalue weighted by Crippen LogP contribution is 2.37. The van der Waals surface area contributed by atoms with E-state index in [2.05, 4.69) is 12.1 Å². The molecule has 0 spiro atoms. The minimum absolute atomic E-state index is 0.0176. The van der Waals surface area contributed by atoms with E-state index in [1.807, 2.05) is 30.3 Å². The van der Waals surface area contributed by atoms with Gasteiger partial charge in [0.1, 0.15) is 0 Å². The van der Waals surface area contributed by atoms with Crippen molar-refractivity contribution >= 4 is 11.5 Å². The molecule has 0 bridgehead atoms. The van der Waals surface area contributed by atoms with Crippen molar-refractivity contribution in [1.82, 2.24) is 0 Å². The fourth-order valence-electron chi connectivity index (χ4n) is 3.19. The van der Waals surface area contributed by atoms with Crippen molar-refractivity contribution in [3.8, 4) is 11.1 Å². The van der Waals surface area contributed by atoms with Gasteiger partial charge in [0, 0.05) is 23.3 Å². The van der Waals surface area contributed by atoms with Gasteiger partial charge in [0.05, 0.1) is 4.92 Å². The van der Waals surface area contributed by atoms with Gasteiger partial charge in [0.15, 0.2) is 5.78 Å². The maximum absolute atomic E-state index is 12.6. The summed E-state index contributed by atoms with van der Waals surface area (Å²) in [4.78, 5) is 22.9. The molecule has 0 saturated carbocycles. The van der Waals surface area contributed by atoms with E-state index in [0.717, 1.165) is 12.0 Å². The third-order valence-corrected chi connectivity index (χ3v) is 4.40. The molecule has 0 heterocycles. The van der Waals surface area contributed by atoms with Crippen molar-refractivity contribution < 1.29 is 9.72 Å². The number of benzene rings is 3. The van der Waals surface area contributed by atoms with Crippen LogP contribution in [0, 0.1) is 10.1 Å². The fourth-order valence-corrected chi connectivity index (χ4v) is 3.19. The summed E-state index contributed by atoms with van der Waals surface area (Å²) in [7, 11) is 0. The molecule has 0 aromatic heterocycles. The van der Waals surface area contributed by atoms with Gasteiger partial charge in [-0.25, -0.2) is 0 Å². The third-order valence-electron chi connectivity index (χ3n) is 4.40. The lowest BCUT2D eigenvalue weighted by Crippen LogP contribution is -2.02. The molecular formula is C20H13NO3. The lowest BCUT2D eigenvalue weighted by atomic mass is 9.98. The molecule has 4 rings (SSSR count). The van der Waals surface area contributed by atoms with Crippen LogP contribution in [0.2, 0.25) is 0 Å². The van der Waals surface area contributed by atoms with Crippen LogP contribution in [0.25, 0.3) is 11.1 Å². The summed E-state index contributed by atoms with van der Waals surface area (Å²) in [5.41, 5.74) is 5.85. The molecule has 3 aromatic carbocycles. The third kappa shape index (κ3) is 2.29. The molecule has 0 fully saturated rings. The second-order valence-corrected chi connectivity index (χ2v) is 5.84. The number of rotatable bonds is 3. The molecule has 1 aliphatic carbocycles. The van der Waals surface area contributed by atoms with Gasteiger partial charge in [-0.3, -0.25) is 14.9 Å². The highest BCUT2D eigenvalue weighted by atomic mass is 16.6. The van der Waals surface area contributed by atoms with Crippen LogP contribution in [0.4, 0.5) is 5.69 Å². The number of non-ortho nitro benzene ring substituents is 1. The molecule has 0 unspecified atom stereocenters. The number of ketones is 1. The molecule has 3 aromatic rings.